The summed E-state index contributed by atoms with van der Waals surface area (Å²) in [5, 5.41) is 2.17. The number of fused-ring (bicyclic) bond motifs is 8. The van der Waals surface area contributed by atoms with Gasteiger partial charge in [-0.2, -0.15) is 0 Å². The van der Waals surface area contributed by atoms with Gasteiger partial charge in [0.25, 0.3) is 0 Å². The van der Waals surface area contributed by atoms with Crippen LogP contribution in [0.1, 0.15) is 43.2 Å². The Balaban J connectivity index is 1.01. The molecule has 0 radical (unpaired) electrons. The highest BCUT2D eigenvalue weighted by molar-refractivity contribution is 6.05. The Morgan fingerprint density at radius 3 is 1.76 bits per heavy atom. The summed E-state index contributed by atoms with van der Waals surface area (Å²) in [6.07, 6.45) is 6.28. The van der Waals surface area contributed by atoms with Gasteiger partial charge in [-0.25, -0.2) is 15.0 Å². The molecule has 4 nitrogen and oxygen atoms in total. The van der Waals surface area contributed by atoms with Crippen molar-refractivity contribution in [2.45, 2.75) is 37.5 Å². The molecule has 1 fully saturated rings. The molecule has 9 aromatic rings. The van der Waals surface area contributed by atoms with E-state index < -0.39 is 0 Å². The van der Waals surface area contributed by atoms with Crippen molar-refractivity contribution < 1.29 is 4.42 Å². The molecule has 2 aromatic heterocycles. The molecule has 55 heavy (non-hydrogen) atoms. The number of hydrogen-bond acceptors (Lipinski definition) is 4. The highest BCUT2D eigenvalue weighted by Crippen LogP contribution is 2.58. The van der Waals surface area contributed by atoms with E-state index in [1.165, 1.54) is 65.5 Å². The quantitative estimate of drug-likeness (QED) is 0.179. The zero-order valence-electron chi connectivity index (χ0n) is 30.4. The number of rotatable bonds is 5. The number of furan rings is 1. The van der Waals surface area contributed by atoms with E-state index in [0.29, 0.717) is 17.5 Å². The number of aromatic nitrogens is 3. The van der Waals surface area contributed by atoms with Gasteiger partial charge < -0.3 is 4.42 Å². The molecule has 262 valence electrons. The van der Waals surface area contributed by atoms with Crippen molar-refractivity contribution in [3.05, 3.63) is 175 Å². The molecule has 2 aliphatic carbocycles. The van der Waals surface area contributed by atoms with Crippen LogP contribution in [0.2, 0.25) is 0 Å². The Hall–Kier alpha value is -6.65. The van der Waals surface area contributed by atoms with Crippen LogP contribution in [0.3, 0.4) is 0 Å². The van der Waals surface area contributed by atoms with Crippen LogP contribution < -0.4 is 0 Å². The van der Waals surface area contributed by atoms with Crippen LogP contribution in [0.15, 0.2) is 168 Å². The summed E-state index contributed by atoms with van der Waals surface area (Å²) in [6, 6.07) is 58.2. The van der Waals surface area contributed by atoms with Gasteiger partial charge in [0.2, 0.25) is 0 Å². The molecule has 2 aliphatic rings. The van der Waals surface area contributed by atoms with Crippen LogP contribution in [0.25, 0.3) is 89.5 Å². The number of nitrogens with zero attached hydrogens (tertiary/aromatic N) is 3. The lowest BCUT2D eigenvalue weighted by atomic mass is 9.66. The van der Waals surface area contributed by atoms with Gasteiger partial charge in [0.1, 0.15) is 11.2 Å². The molecule has 11 rings (SSSR count). The zero-order chi connectivity index (χ0) is 36.3. The molecule has 1 saturated carbocycles. The first kappa shape index (κ1) is 31.8. The second-order valence-electron chi connectivity index (χ2n) is 15.1. The predicted octanol–water partition coefficient (Wildman–Crippen LogP) is 13.3. The zero-order valence-corrected chi connectivity index (χ0v) is 30.4. The van der Waals surface area contributed by atoms with Crippen molar-refractivity contribution in [2.75, 3.05) is 0 Å². The van der Waals surface area contributed by atoms with Crippen LogP contribution >= 0.6 is 0 Å². The van der Waals surface area contributed by atoms with Crippen molar-refractivity contribution in [1.29, 1.82) is 0 Å². The Labute approximate surface area is 320 Å². The van der Waals surface area contributed by atoms with Gasteiger partial charge in [-0.3, -0.25) is 0 Å². The topological polar surface area (TPSA) is 51.8 Å². The molecule has 1 spiro atoms. The van der Waals surface area contributed by atoms with Gasteiger partial charge in [0.15, 0.2) is 17.5 Å². The van der Waals surface area contributed by atoms with Gasteiger partial charge >= 0.3 is 0 Å². The Morgan fingerprint density at radius 1 is 0.382 bits per heavy atom. The van der Waals surface area contributed by atoms with E-state index in [-0.39, 0.29) is 5.41 Å². The van der Waals surface area contributed by atoms with Crippen molar-refractivity contribution in [1.82, 2.24) is 15.0 Å². The standard InChI is InChI=1S/C51H37N3O/c1-3-14-33(15-4-1)48-52-49(54-50(53-48)38-26-27-42-41-21-6-8-25-45(41)55-46(42)32-38)37-19-12-17-35(31-37)34-16-11-18-36(30-34)39-22-13-23-43-40-20-5-7-24-44(40)51(47(39)43)28-9-2-10-29-51/h1,3-8,11-27,30-32H,2,9-10,28-29H2. The third-order valence-electron chi connectivity index (χ3n) is 11.9. The van der Waals surface area contributed by atoms with Crippen LogP contribution in [0.4, 0.5) is 0 Å². The number of hydrogen-bond donors (Lipinski definition) is 0. The fourth-order valence-corrected chi connectivity index (χ4v) is 9.40. The molecule has 0 amide bonds. The highest BCUT2D eigenvalue weighted by atomic mass is 16.3. The van der Waals surface area contributed by atoms with Gasteiger partial charge in [-0.05, 0) is 87.7 Å². The second kappa shape index (κ2) is 12.7. The lowest BCUT2D eigenvalue weighted by Crippen LogP contribution is -2.28. The lowest BCUT2D eigenvalue weighted by molar-refractivity contribution is 0.353. The maximum absolute atomic E-state index is 6.25. The van der Waals surface area contributed by atoms with E-state index in [0.717, 1.165) is 49.8 Å². The first-order chi connectivity index (χ1) is 27.2. The monoisotopic (exact) mass is 707 g/mol. The summed E-state index contributed by atoms with van der Waals surface area (Å²) in [5.41, 5.74) is 15.3. The second-order valence-corrected chi connectivity index (χ2v) is 15.1. The van der Waals surface area contributed by atoms with Crippen LogP contribution in [-0.2, 0) is 5.41 Å². The maximum atomic E-state index is 6.25. The third kappa shape index (κ3) is 5.24. The van der Waals surface area contributed by atoms with E-state index in [4.69, 9.17) is 19.4 Å². The Bertz CT molecular complexity index is 2920. The first-order valence-electron chi connectivity index (χ1n) is 19.4. The van der Waals surface area contributed by atoms with Crippen LogP contribution in [-0.4, -0.2) is 15.0 Å². The molecular weight excluding hydrogens is 671 g/mol. The highest BCUT2D eigenvalue weighted by Gasteiger charge is 2.45. The molecule has 0 unspecified atom stereocenters. The van der Waals surface area contributed by atoms with Crippen molar-refractivity contribution in [3.8, 4) is 67.5 Å². The van der Waals surface area contributed by atoms with E-state index >= 15 is 0 Å². The summed E-state index contributed by atoms with van der Waals surface area (Å²) in [4.78, 5) is 15.2. The summed E-state index contributed by atoms with van der Waals surface area (Å²) in [6.45, 7) is 0. The summed E-state index contributed by atoms with van der Waals surface area (Å²) < 4.78 is 6.25. The molecule has 0 bridgehead atoms. The van der Waals surface area contributed by atoms with Gasteiger partial charge in [0.05, 0.1) is 0 Å². The minimum Gasteiger partial charge on any atom is -0.456 e. The number of para-hydroxylation sites is 1. The van der Waals surface area contributed by atoms with E-state index in [9.17, 15) is 0 Å². The smallest absolute Gasteiger partial charge is 0.164 e. The Kier molecular flexibility index (Phi) is 7.38. The lowest BCUT2D eigenvalue weighted by Gasteiger charge is -2.37. The molecule has 0 aliphatic heterocycles. The SMILES string of the molecule is c1ccc(-c2nc(-c3cccc(-c4cccc(-c5cccc6c5C5(CCCCC5)c5ccccc5-6)c4)c3)nc(-c3ccc4c(c3)oc3ccccc34)n2)cc1. The molecule has 2 heterocycles. The van der Waals surface area contributed by atoms with E-state index in [1.807, 2.05) is 54.6 Å². The molecule has 0 N–H and O–H groups in total. The molecule has 4 heteroatoms. The van der Waals surface area contributed by atoms with Crippen LogP contribution in [0, 0.1) is 0 Å². The normalized spacial score (nSPS) is 14.3. The van der Waals surface area contributed by atoms with E-state index in [2.05, 4.69) is 109 Å². The van der Waals surface area contributed by atoms with Gasteiger partial charge in [0, 0.05) is 32.9 Å². The molecular formula is C51H37N3O. The fourth-order valence-electron chi connectivity index (χ4n) is 9.40. The average Bonchev–Trinajstić information content (AvgIpc) is 3.77. The van der Waals surface area contributed by atoms with Gasteiger partial charge in [-0.1, -0.05) is 153 Å². The van der Waals surface area contributed by atoms with Gasteiger partial charge in [-0.15, -0.1) is 0 Å². The minimum absolute atomic E-state index is 0.0818. The third-order valence-corrected chi connectivity index (χ3v) is 11.9. The fraction of sp³-hybridized carbons (Fsp3) is 0.118. The summed E-state index contributed by atoms with van der Waals surface area (Å²) in [7, 11) is 0. The summed E-state index contributed by atoms with van der Waals surface area (Å²) in [5.74, 6) is 1.87. The summed E-state index contributed by atoms with van der Waals surface area (Å²) >= 11 is 0. The van der Waals surface area contributed by atoms with Crippen molar-refractivity contribution in [2.24, 2.45) is 0 Å². The minimum atomic E-state index is 0.0818. The maximum Gasteiger partial charge on any atom is 0.164 e. The number of benzene rings is 7. The predicted molar refractivity (Wildman–Crippen MR) is 224 cm³/mol. The molecule has 7 aromatic carbocycles. The largest absolute Gasteiger partial charge is 0.456 e. The Morgan fingerprint density at radius 2 is 0.945 bits per heavy atom. The molecule has 0 saturated heterocycles. The average molecular weight is 708 g/mol. The molecule has 0 atom stereocenters. The van der Waals surface area contributed by atoms with Crippen molar-refractivity contribution in [3.63, 3.8) is 0 Å². The van der Waals surface area contributed by atoms with Crippen LogP contribution in [0.5, 0.6) is 0 Å². The van der Waals surface area contributed by atoms with Crippen molar-refractivity contribution >= 4 is 21.9 Å². The van der Waals surface area contributed by atoms with E-state index in [1.54, 1.807) is 0 Å². The first-order valence-corrected chi connectivity index (χ1v) is 19.4.